The van der Waals surface area contributed by atoms with Gasteiger partial charge in [0, 0.05) is 12.5 Å². The number of piperidine rings is 1. The van der Waals surface area contributed by atoms with E-state index in [4.69, 9.17) is 9.47 Å². The van der Waals surface area contributed by atoms with E-state index in [-0.39, 0.29) is 5.92 Å². The lowest BCUT2D eigenvalue weighted by Gasteiger charge is -2.39. The van der Waals surface area contributed by atoms with Gasteiger partial charge in [-0.15, -0.1) is 0 Å². The van der Waals surface area contributed by atoms with Crippen molar-refractivity contribution in [3.05, 3.63) is 29.8 Å². The first-order valence-electron chi connectivity index (χ1n) is 8.68. The molecule has 1 heterocycles. The number of ether oxygens (including phenoxy) is 2. The summed E-state index contributed by atoms with van der Waals surface area (Å²) in [7, 11) is 0. The van der Waals surface area contributed by atoms with Crippen LogP contribution in [0.15, 0.2) is 24.3 Å². The number of benzene rings is 1. The molecule has 1 N–H and O–H groups in total. The average Bonchev–Trinajstić information content (AvgIpc) is 2.53. The number of aliphatic carboxylic acids is 1. The van der Waals surface area contributed by atoms with Gasteiger partial charge in [-0.2, -0.15) is 0 Å². The summed E-state index contributed by atoms with van der Waals surface area (Å²) in [5.74, 6) is -0.531. The Balaban J connectivity index is 2.25. The number of carbonyl (C=O) groups is 2. The van der Waals surface area contributed by atoms with Crippen LogP contribution in [0.1, 0.15) is 52.0 Å². The van der Waals surface area contributed by atoms with Gasteiger partial charge in [0.25, 0.3) is 0 Å². The van der Waals surface area contributed by atoms with Crippen molar-refractivity contribution in [2.45, 2.75) is 58.1 Å². The maximum absolute atomic E-state index is 12.5. The van der Waals surface area contributed by atoms with Crippen LogP contribution in [0.25, 0.3) is 0 Å². The summed E-state index contributed by atoms with van der Waals surface area (Å²) in [5, 5.41) is 9.75. The van der Waals surface area contributed by atoms with Gasteiger partial charge in [0.05, 0.1) is 6.61 Å². The zero-order valence-corrected chi connectivity index (χ0v) is 15.3. The van der Waals surface area contributed by atoms with E-state index in [1.54, 1.807) is 20.8 Å². The molecule has 0 spiro atoms. The van der Waals surface area contributed by atoms with Gasteiger partial charge in [-0.1, -0.05) is 12.1 Å². The number of carboxylic acid groups (broad SMARTS) is 1. The molecule has 1 aliphatic heterocycles. The minimum absolute atomic E-state index is 0.269. The molecule has 1 amide bonds. The Morgan fingerprint density at radius 1 is 1.24 bits per heavy atom. The second-order valence-corrected chi connectivity index (χ2v) is 7.21. The van der Waals surface area contributed by atoms with Crippen molar-refractivity contribution in [3.63, 3.8) is 0 Å². The third kappa shape index (κ3) is 4.87. The van der Waals surface area contributed by atoms with Crippen molar-refractivity contribution in [2.75, 3.05) is 13.2 Å². The van der Waals surface area contributed by atoms with Crippen LogP contribution >= 0.6 is 0 Å². The molecule has 0 saturated carbocycles. The number of carboxylic acids is 1. The first-order chi connectivity index (χ1) is 11.7. The summed E-state index contributed by atoms with van der Waals surface area (Å²) < 4.78 is 10.8. The second-order valence-electron chi connectivity index (χ2n) is 7.21. The van der Waals surface area contributed by atoms with Gasteiger partial charge in [-0.3, -0.25) is 4.90 Å². The molecule has 25 heavy (non-hydrogen) atoms. The maximum atomic E-state index is 12.5. The van der Waals surface area contributed by atoms with E-state index in [2.05, 4.69) is 0 Å². The Kier molecular flexibility index (Phi) is 5.93. The SMILES string of the molecule is CCOc1ccc([C@H]2CCCN(C(=O)OC(C)(C)C)[C@@H]2C(=O)O)cc1. The smallest absolute Gasteiger partial charge is 0.411 e. The molecule has 6 heteroatoms. The van der Waals surface area contributed by atoms with Crippen molar-refractivity contribution in [1.29, 1.82) is 0 Å². The van der Waals surface area contributed by atoms with Crippen LogP contribution in [0, 0.1) is 0 Å². The Morgan fingerprint density at radius 3 is 2.40 bits per heavy atom. The Labute approximate surface area is 148 Å². The van der Waals surface area contributed by atoms with Gasteiger partial charge in [-0.05, 0) is 58.2 Å². The summed E-state index contributed by atoms with van der Waals surface area (Å²) >= 11 is 0. The minimum Gasteiger partial charge on any atom is -0.494 e. The molecule has 0 aromatic heterocycles. The Morgan fingerprint density at radius 2 is 1.88 bits per heavy atom. The fourth-order valence-corrected chi connectivity index (χ4v) is 3.15. The topological polar surface area (TPSA) is 76.1 Å². The van der Waals surface area contributed by atoms with Gasteiger partial charge >= 0.3 is 12.1 Å². The average molecular weight is 349 g/mol. The molecule has 0 radical (unpaired) electrons. The van der Waals surface area contributed by atoms with Crippen LogP contribution in [0.3, 0.4) is 0 Å². The fourth-order valence-electron chi connectivity index (χ4n) is 3.15. The largest absolute Gasteiger partial charge is 0.494 e. The molecule has 1 aromatic rings. The summed E-state index contributed by atoms with van der Waals surface area (Å²) in [6.07, 6.45) is 0.876. The van der Waals surface area contributed by atoms with Crippen LogP contribution in [-0.4, -0.2) is 46.9 Å². The van der Waals surface area contributed by atoms with Gasteiger partial charge in [-0.25, -0.2) is 9.59 Å². The lowest BCUT2D eigenvalue weighted by Crippen LogP contribution is -2.53. The zero-order valence-electron chi connectivity index (χ0n) is 15.3. The van der Waals surface area contributed by atoms with Gasteiger partial charge in [0.15, 0.2) is 0 Å². The van der Waals surface area contributed by atoms with E-state index in [1.807, 2.05) is 31.2 Å². The quantitative estimate of drug-likeness (QED) is 0.898. The third-order valence-electron chi connectivity index (χ3n) is 4.13. The molecule has 0 aliphatic carbocycles. The lowest BCUT2D eigenvalue weighted by atomic mass is 9.83. The van der Waals surface area contributed by atoms with Gasteiger partial charge in [0.1, 0.15) is 17.4 Å². The number of rotatable bonds is 4. The molecule has 1 fully saturated rings. The van der Waals surface area contributed by atoms with Crippen molar-refractivity contribution in [3.8, 4) is 5.75 Å². The van der Waals surface area contributed by atoms with E-state index >= 15 is 0 Å². The highest BCUT2D eigenvalue weighted by atomic mass is 16.6. The van der Waals surface area contributed by atoms with E-state index in [0.717, 1.165) is 17.7 Å². The molecule has 1 saturated heterocycles. The molecule has 0 unspecified atom stereocenters. The van der Waals surface area contributed by atoms with Crippen molar-refractivity contribution in [2.24, 2.45) is 0 Å². The number of amides is 1. The normalized spacial score (nSPS) is 20.9. The second kappa shape index (κ2) is 7.76. The van der Waals surface area contributed by atoms with Crippen molar-refractivity contribution in [1.82, 2.24) is 4.90 Å². The molecule has 2 atom stereocenters. The Hall–Kier alpha value is -2.24. The predicted octanol–water partition coefficient (Wildman–Crippen LogP) is 3.65. The fraction of sp³-hybridized carbons (Fsp3) is 0.579. The standard InChI is InChI=1S/C19H27NO5/c1-5-24-14-10-8-13(9-11-14)15-7-6-12-20(16(15)17(21)22)18(23)25-19(2,3)4/h8-11,15-16H,5-7,12H2,1-4H3,(H,21,22)/t15-,16+/m1/s1. The van der Waals surface area contributed by atoms with Crippen LogP contribution in [0.2, 0.25) is 0 Å². The third-order valence-corrected chi connectivity index (χ3v) is 4.13. The monoisotopic (exact) mass is 349 g/mol. The molecule has 138 valence electrons. The van der Waals surface area contributed by atoms with Crippen LogP contribution < -0.4 is 4.74 Å². The van der Waals surface area contributed by atoms with E-state index in [9.17, 15) is 14.7 Å². The number of hydrogen-bond acceptors (Lipinski definition) is 4. The van der Waals surface area contributed by atoms with Gasteiger partial charge < -0.3 is 14.6 Å². The molecule has 1 aromatic carbocycles. The number of carbonyl (C=O) groups excluding carboxylic acids is 1. The van der Waals surface area contributed by atoms with Crippen molar-refractivity contribution >= 4 is 12.1 Å². The molecule has 6 nitrogen and oxygen atoms in total. The van der Waals surface area contributed by atoms with Gasteiger partial charge in [0.2, 0.25) is 0 Å². The summed E-state index contributed by atoms with van der Waals surface area (Å²) in [6, 6.07) is 6.50. The summed E-state index contributed by atoms with van der Waals surface area (Å²) in [4.78, 5) is 25.7. The number of likely N-dealkylation sites (tertiary alicyclic amines) is 1. The Bertz CT molecular complexity index is 605. The molecule has 2 rings (SSSR count). The first-order valence-corrected chi connectivity index (χ1v) is 8.68. The van der Waals surface area contributed by atoms with Crippen LogP contribution in [0.4, 0.5) is 4.79 Å². The molecular weight excluding hydrogens is 322 g/mol. The zero-order chi connectivity index (χ0) is 18.6. The summed E-state index contributed by atoms with van der Waals surface area (Å²) in [5.41, 5.74) is 0.232. The van der Waals surface area contributed by atoms with E-state index in [1.165, 1.54) is 4.90 Å². The molecular formula is C19H27NO5. The molecule has 0 bridgehead atoms. The van der Waals surface area contributed by atoms with E-state index in [0.29, 0.717) is 19.6 Å². The number of hydrogen-bond donors (Lipinski definition) is 1. The minimum atomic E-state index is -1.01. The van der Waals surface area contributed by atoms with E-state index < -0.39 is 23.7 Å². The maximum Gasteiger partial charge on any atom is 0.411 e. The first kappa shape index (κ1) is 19.1. The number of nitrogens with zero attached hydrogens (tertiary/aromatic N) is 1. The van der Waals surface area contributed by atoms with Crippen LogP contribution in [0.5, 0.6) is 5.75 Å². The lowest BCUT2D eigenvalue weighted by molar-refractivity contribution is -0.145. The van der Waals surface area contributed by atoms with Crippen molar-refractivity contribution < 1.29 is 24.2 Å². The van der Waals surface area contributed by atoms with Crippen LogP contribution in [-0.2, 0) is 9.53 Å². The highest BCUT2D eigenvalue weighted by Gasteiger charge is 2.41. The summed E-state index contributed by atoms with van der Waals surface area (Å²) in [6.45, 7) is 8.19. The highest BCUT2D eigenvalue weighted by Crippen LogP contribution is 2.34. The highest BCUT2D eigenvalue weighted by molar-refractivity contribution is 5.81. The predicted molar refractivity (Wildman–Crippen MR) is 93.9 cm³/mol. The molecule has 1 aliphatic rings.